The van der Waals surface area contributed by atoms with Gasteiger partial charge in [-0.15, -0.1) is 0 Å². The molecular weight excluding hydrogens is 435 g/mol. The predicted molar refractivity (Wildman–Crippen MR) is 118 cm³/mol. The predicted octanol–water partition coefficient (Wildman–Crippen LogP) is 6.19. The second-order valence-corrected chi connectivity index (χ2v) is 8.19. The van der Waals surface area contributed by atoms with E-state index in [0.29, 0.717) is 5.56 Å². The first-order valence-corrected chi connectivity index (χ1v) is 10.7. The Hall–Kier alpha value is -3.37. The summed E-state index contributed by atoms with van der Waals surface area (Å²) in [6.45, 7) is 0.220. The number of nitrogens with one attached hydrogen (secondary N) is 1. The molecule has 0 spiro atoms. The number of alkyl carbamates (subject to hydrolysis) is 1. The van der Waals surface area contributed by atoms with Crippen molar-refractivity contribution < 1.29 is 22.7 Å². The van der Waals surface area contributed by atoms with Gasteiger partial charge in [-0.05, 0) is 52.2 Å². The standard InChI is InChI=1S/C25H18F3NO2S/c26-25(27,28)32-18-9-5-7-17(15-18)8-6-14-29-24(30)31-16-23-21-12-3-1-10-19(21)20-11-2-4-13-22(20)23/h1-5,7,9-13,15,23H,14,16H2,(H,29,30). The summed E-state index contributed by atoms with van der Waals surface area (Å²) in [6.07, 6.45) is -0.595. The molecule has 7 heteroatoms. The van der Waals surface area contributed by atoms with E-state index in [4.69, 9.17) is 4.74 Å². The quantitative estimate of drug-likeness (QED) is 0.378. The first-order valence-electron chi connectivity index (χ1n) is 9.84. The number of hydrogen-bond acceptors (Lipinski definition) is 3. The average Bonchev–Trinajstić information content (AvgIpc) is 3.08. The van der Waals surface area contributed by atoms with Gasteiger partial charge in [0, 0.05) is 16.4 Å². The maximum absolute atomic E-state index is 12.5. The summed E-state index contributed by atoms with van der Waals surface area (Å²) < 4.78 is 42.9. The summed E-state index contributed by atoms with van der Waals surface area (Å²) in [6, 6.07) is 22.0. The largest absolute Gasteiger partial charge is 0.449 e. The van der Waals surface area contributed by atoms with Gasteiger partial charge in [-0.3, -0.25) is 0 Å². The van der Waals surface area contributed by atoms with Crippen molar-refractivity contribution in [3.63, 3.8) is 0 Å². The van der Waals surface area contributed by atoms with E-state index in [0.717, 1.165) is 22.3 Å². The third-order valence-corrected chi connectivity index (χ3v) is 5.69. The molecule has 3 aromatic rings. The van der Waals surface area contributed by atoms with Crippen LogP contribution in [0.2, 0.25) is 0 Å². The van der Waals surface area contributed by atoms with Crippen molar-refractivity contribution in [3.05, 3.63) is 89.5 Å². The van der Waals surface area contributed by atoms with E-state index >= 15 is 0 Å². The van der Waals surface area contributed by atoms with Crippen LogP contribution in [-0.2, 0) is 4.74 Å². The van der Waals surface area contributed by atoms with Crippen molar-refractivity contribution in [2.75, 3.05) is 13.2 Å². The number of ether oxygens (including phenoxy) is 1. The lowest BCUT2D eigenvalue weighted by molar-refractivity contribution is -0.0328. The molecule has 32 heavy (non-hydrogen) atoms. The minimum absolute atomic E-state index is 0.0211. The highest BCUT2D eigenvalue weighted by atomic mass is 32.2. The van der Waals surface area contributed by atoms with Crippen molar-refractivity contribution in [2.45, 2.75) is 16.3 Å². The topological polar surface area (TPSA) is 38.3 Å². The highest BCUT2D eigenvalue weighted by molar-refractivity contribution is 8.00. The monoisotopic (exact) mass is 453 g/mol. The number of fused-ring (bicyclic) bond motifs is 3. The van der Waals surface area contributed by atoms with Crippen LogP contribution in [0.15, 0.2) is 77.7 Å². The highest BCUT2D eigenvalue weighted by Gasteiger charge is 2.29. The lowest BCUT2D eigenvalue weighted by Crippen LogP contribution is -2.26. The summed E-state index contributed by atoms with van der Waals surface area (Å²) in [7, 11) is 0. The third-order valence-electron chi connectivity index (χ3n) is 4.97. The Labute approximate surface area is 188 Å². The molecule has 1 amide bonds. The third kappa shape index (κ3) is 5.27. The molecule has 0 radical (unpaired) electrons. The Balaban J connectivity index is 1.31. The van der Waals surface area contributed by atoms with Crippen LogP contribution in [-0.4, -0.2) is 24.8 Å². The molecular formula is C25H18F3NO2S. The molecule has 3 aromatic carbocycles. The van der Waals surface area contributed by atoms with Gasteiger partial charge in [0.05, 0.1) is 6.54 Å². The molecule has 0 saturated carbocycles. The van der Waals surface area contributed by atoms with E-state index in [1.165, 1.54) is 18.2 Å². The minimum Gasteiger partial charge on any atom is -0.449 e. The minimum atomic E-state index is -4.35. The fraction of sp³-hybridized carbons (Fsp3) is 0.160. The molecule has 0 atom stereocenters. The van der Waals surface area contributed by atoms with Crippen LogP contribution in [0.3, 0.4) is 0 Å². The molecule has 162 valence electrons. The van der Waals surface area contributed by atoms with Crippen molar-refractivity contribution in [3.8, 4) is 23.0 Å². The number of rotatable bonds is 4. The first-order chi connectivity index (χ1) is 15.4. The fourth-order valence-electron chi connectivity index (χ4n) is 3.68. The Morgan fingerprint density at radius 2 is 1.62 bits per heavy atom. The summed E-state index contributed by atoms with van der Waals surface area (Å²) in [4.78, 5) is 12.2. The maximum atomic E-state index is 12.5. The Morgan fingerprint density at radius 1 is 0.969 bits per heavy atom. The zero-order chi connectivity index (χ0) is 22.6. The number of hydrogen-bond donors (Lipinski definition) is 1. The van der Waals surface area contributed by atoms with E-state index < -0.39 is 11.6 Å². The number of alkyl halides is 3. The smallest absolute Gasteiger partial charge is 0.446 e. The second kappa shape index (κ2) is 9.41. The van der Waals surface area contributed by atoms with E-state index in [2.05, 4.69) is 29.3 Å². The van der Waals surface area contributed by atoms with Gasteiger partial charge in [0.1, 0.15) is 6.61 Å². The van der Waals surface area contributed by atoms with Crippen LogP contribution in [0, 0.1) is 11.8 Å². The summed E-state index contributed by atoms with van der Waals surface area (Å²) in [5, 5.41) is 2.56. The van der Waals surface area contributed by atoms with Crippen LogP contribution < -0.4 is 5.32 Å². The van der Waals surface area contributed by atoms with Crippen LogP contribution in [0.25, 0.3) is 11.1 Å². The molecule has 1 N–H and O–H groups in total. The molecule has 0 fully saturated rings. The zero-order valence-corrected chi connectivity index (χ0v) is 17.6. The Bertz CT molecular complexity index is 1150. The second-order valence-electron chi connectivity index (χ2n) is 7.06. The highest BCUT2D eigenvalue weighted by Crippen LogP contribution is 2.44. The Kier molecular flexibility index (Phi) is 6.42. The number of halogens is 3. The number of carbonyl (C=O) groups is 1. The molecule has 0 saturated heterocycles. The Morgan fingerprint density at radius 3 is 2.28 bits per heavy atom. The van der Waals surface area contributed by atoms with E-state index in [1.807, 2.05) is 36.4 Å². The SMILES string of the molecule is O=C(NCC#Cc1cccc(SC(F)(F)F)c1)OCC1c2ccccc2-c2ccccc21. The summed E-state index contributed by atoms with van der Waals surface area (Å²) >= 11 is -0.190. The molecule has 0 aliphatic heterocycles. The zero-order valence-electron chi connectivity index (χ0n) is 16.8. The van der Waals surface area contributed by atoms with Crippen LogP contribution in [0.1, 0.15) is 22.6 Å². The van der Waals surface area contributed by atoms with Gasteiger partial charge in [0.25, 0.3) is 0 Å². The van der Waals surface area contributed by atoms with Crippen molar-refractivity contribution in [2.24, 2.45) is 0 Å². The van der Waals surface area contributed by atoms with Crippen LogP contribution in [0.4, 0.5) is 18.0 Å². The first kappa shape index (κ1) is 21.8. The number of carbonyl (C=O) groups excluding carboxylic acids is 1. The molecule has 0 heterocycles. The molecule has 4 rings (SSSR count). The van der Waals surface area contributed by atoms with Crippen molar-refractivity contribution in [1.29, 1.82) is 0 Å². The maximum Gasteiger partial charge on any atom is 0.446 e. The molecule has 0 unspecified atom stereocenters. The van der Waals surface area contributed by atoms with Gasteiger partial charge >= 0.3 is 11.6 Å². The normalized spacial score (nSPS) is 12.3. The van der Waals surface area contributed by atoms with Gasteiger partial charge in [0.2, 0.25) is 0 Å². The van der Waals surface area contributed by atoms with E-state index in [9.17, 15) is 18.0 Å². The van der Waals surface area contributed by atoms with Crippen LogP contribution >= 0.6 is 11.8 Å². The molecule has 3 nitrogen and oxygen atoms in total. The number of amides is 1. The molecule has 1 aliphatic rings. The lowest BCUT2D eigenvalue weighted by atomic mass is 9.98. The average molecular weight is 453 g/mol. The van der Waals surface area contributed by atoms with Crippen molar-refractivity contribution >= 4 is 17.9 Å². The summed E-state index contributed by atoms with van der Waals surface area (Å²) in [5.41, 5.74) is 0.629. The number of benzene rings is 3. The van der Waals surface area contributed by atoms with E-state index in [1.54, 1.807) is 6.07 Å². The molecule has 1 aliphatic carbocycles. The van der Waals surface area contributed by atoms with E-state index in [-0.39, 0.29) is 35.7 Å². The number of thioether (sulfide) groups is 1. The fourth-order valence-corrected chi connectivity index (χ4v) is 4.28. The van der Waals surface area contributed by atoms with Crippen LogP contribution in [0.5, 0.6) is 0 Å². The lowest BCUT2D eigenvalue weighted by Gasteiger charge is -2.14. The van der Waals surface area contributed by atoms with Gasteiger partial charge < -0.3 is 10.1 Å². The van der Waals surface area contributed by atoms with Crippen molar-refractivity contribution in [1.82, 2.24) is 5.32 Å². The summed E-state index contributed by atoms with van der Waals surface area (Å²) in [5.74, 6) is 5.44. The molecule has 0 bridgehead atoms. The van der Waals surface area contributed by atoms with Gasteiger partial charge in [-0.2, -0.15) is 13.2 Å². The van der Waals surface area contributed by atoms with Gasteiger partial charge in [-0.25, -0.2) is 4.79 Å². The van der Waals surface area contributed by atoms with Gasteiger partial charge in [0.15, 0.2) is 0 Å². The molecule has 0 aromatic heterocycles. The van der Waals surface area contributed by atoms with Gasteiger partial charge in [-0.1, -0.05) is 66.4 Å².